The van der Waals surface area contributed by atoms with E-state index >= 15 is 0 Å². The monoisotopic (exact) mass is 699 g/mol. The molecule has 2 aromatic heterocycles. The molecule has 0 aliphatic carbocycles. The Morgan fingerprint density at radius 1 is 1.24 bits per heavy atom. The van der Waals surface area contributed by atoms with Gasteiger partial charge in [-0.05, 0) is 18.9 Å². The summed E-state index contributed by atoms with van der Waals surface area (Å²) in [6.07, 6.45) is -0.619. The lowest BCUT2D eigenvalue weighted by molar-refractivity contribution is -0.118. The quantitative estimate of drug-likeness (QED) is 0.102. The van der Waals surface area contributed by atoms with Gasteiger partial charge in [-0.3, -0.25) is 18.4 Å². The summed E-state index contributed by atoms with van der Waals surface area (Å²) in [6, 6.07) is 9.25. The lowest BCUT2D eigenvalue weighted by Gasteiger charge is -2.26. The van der Waals surface area contributed by atoms with Gasteiger partial charge in [0.25, 0.3) is 0 Å². The third kappa shape index (κ3) is 8.75. The van der Waals surface area contributed by atoms with E-state index in [1.807, 2.05) is 30.3 Å². The maximum absolute atomic E-state index is 13.9. The van der Waals surface area contributed by atoms with E-state index in [1.165, 1.54) is 19.8 Å². The average molecular weight is 700 g/mol. The smallest absolute Gasteiger partial charge is 0.406 e. The second-order valence-corrected chi connectivity index (χ2v) is 15.1. The molecule has 3 heterocycles. The number of rotatable bonds is 15. The van der Waals surface area contributed by atoms with Crippen molar-refractivity contribution in [1.82, 2.24) is 29.9 Å². The summed E-state index contributed by atoms with van der Waals surface area (Å²) in [6.45, 7) is 5.16. The first-order valence-corrected chi connectivity index (χ1v) is 17.3. The van der Waals surface area contributed by atoms with Crippen molar-refractivity contribution in [3.63, 3.8) is 0 Å². The predicted molar refractivity (Wildman–Crippen MR) is 173 cm³/mol. The van der Waals surface area contributed by atoms with Crippen LogP contribution in [0.25, 0.3) is 11.2 Å². The number of nitrogen functional groups attached to an aromatic ring is 1. The van der Waals surface area contributed by atoms with Gasteiger partial charge in [0, 0.05) is 24.3 Å². The number of alkyl halides is 1. The molecular weight excluding hydrogens is 661 g/mol. The number of anilines is 1. The van der Waals surface area contributed by atoms with E-state index in [0.717, 1.165) is 17.3 Å². The number of hydrogen-bond donors (Lipinski definition) is 4. The van der Waals surface area contributed by atoms with Crippen LogP contribution in [-0.4, -0.2) is 85.5 Å². The van der Waals surface area contributed by atoms with Crippen molar-refractivity contribution in [3.05, 3.63) is 48.5 Å². The van der Waals surface area contributed by atoms with Crippen molar-refractivity contribution in [2.75, 3.05) is 38.4 Å². The minimum atomic E-state index is -3.99. The zero-order valence-electron chi connectivity index (χ0n) is 25.9. The van der Waals surface area contributed by atoms with Gasteiger partial charge in [-0.1, -0.05) is 55.9 Å². The fourth-order valence-corrected chi connectivity index (χ4v) is 7.19. The molecule has 0 bridgehead atoms. The number of benzene rings is 1. The van der Waals surface area contributed by atoms with Crippen LogP contribution in [0.1, 0.15) is 39.0 Å². The Labute approximate surface area is 275 Å². The highest BCUT2D eigenvalue weighted by atomic mass is 35.5. The van der Waals surface area contributed by atoms with E-state index in [2.05, 4.69) is 30.1 Å². The number of carbonyl (C=O) groups excluding carboxylic acids is 2. The van der Waals surface area contributed by atoms with Crippen LogP contribution in [0.3, 0.4) is 0 Å². The predicted octanol–water partition coefficient (Wildman–Crippen LogP) is 3.63. The van der Waals surface area contributed by atoms with Crippen molar-refractivity contribution in [2.24, 2.45) is 5.41 Å². The van der Waals surface area contributed by atoms with Gasteiger partial charge in [-0.25, -0.2) is 29.4 Å². The Morgan fingerprint density at radius 2 is 1.98 bits per heavy atom. The number of carbonyl (C=O) groups is 2. The zero-order valence-corrected chi connectivity index (χ0v) is 28.4. The minimum absolute atomic E-state index is 0.0853. The molecule has 252 valence electrons. The molecule has 15 nitrogen and oxygen atoms in total. The van der Waals surface area contributed by atoms with Gasteiger partial charge in [0.05, 0.1) is 26.7 Å². The van der Waals surface area contributed by atoms with E-state index in [9.17, 15) is 19.3 Å². The fraction of sp³-hybridized carbons (Fsp3) is 0.536. The number of alkyl carbamates (subject to hydrolysis) is 1. The molecule has 5 N–H and O–H groups in total. The molecule has 5 atom stereocenters. The van der Waals surface area contributed by atoms with E-state index in [4.69, 9.17) is 31.1 Å². The number of nitrogens with zero attached hydrogens (tertiary/aromatic N) is 4. The number of aliphatic hydroxyl groups excluding tert-OH is 1. The van der Waals surface area contributed by atoms with Crippen molar-refractivity contribution in [3.8, 4) is 0 Å². The van der Waals surface area contributed by atoms with Crippen molar-refractivity contribution in [2.45, 2.75) is 57.0 Å². The fourth-order valence-electron chi connectivity index (χ4n) is 4.61. The molecule has 0 radical (unpaired) electrons. The molecule has 4 rings (SSSR count). The summed E-state index contributed by atoms with van der Waals surface area (Å²) in [4.78, 5) is 35.2. The maximum Gasteiger partial charge on any atom is 0.406 e. The summed E-state index contributed by atoms with van der Waals surface area (Å²) in [5.74, 6) is 0.371. The lowest BCUT2D eigenvalue weighted by atomic mass is 9.91. The number of halogens is 1. The first-order chi connectivity index (χ1) is 21.8. The third-order valence-electron chi connectivity index (χ3n) is 7.42. The largest absolute Gasteiger partial charge is 0.453 e. The SMILES string of the molecule is COC(=O)NCCC(C)(C)C(=O)SCCOP(=O)(NCc1ccccc1)OC[C@H]1O[C@@H](n2cnc3c(N)ncnc32)[C@](C)(Cl)[C@@H]1O. The zero-order chi connectivity index (χ0) is 33.5. The van der Waals surface area contributed by atoms with Gasteiger partial charge in [-0.2, -0.15) is 0 Å². The van der Waals surface area contributed by atoms with Crippen LogP contribution in [0.2, 0.25) is 0 Å². The van der Waals surface area contributed by atoms with Gasteiger partial charge in [0.2, 0.25) is 0 Å². The van der Waals surface area contributed by atoms with Gasteiger partial charge < -0.3 is 25.6 Å². The number of hydrogen-bond acceptors (Lipinski definition) is 13. The average Bonchev–Trinajstić information content (AvgIpc) is 3.56. The number of imidazole rings is 1. The minimum Gasteiger partial charge on any atom is -0.453 e. The van der Waals surface area contributed by atoms with Crippen LogP contribution in [0.4, 0.5) is 10.6 Å². The Balaban J connectivity index is 1.38. The molecule has 1 aromatic carbocycles. The van der Waals surface area contributed by atoms with Crippen LogP contribution in [0.5, 0.6) is 0 Å². The van der Waals surface area contributed by atoms with Crippen molar-refractivity contribution >= 4 is 59.3 Å². The molecule has 18 heteroatoms. The Bertz CT molecular complexity index is 1550. The maximum atomic E-state index is 13.9. The summed E-state index contributed by atoms with van der Waals surface area (Å²) < 4.78 is 37.6. The second kappa shape index (κ2) is 15.4. The first-order valence-electron chi connectivity index (χ1n) is 14.4. The topological polar surface area (TPSA) is 202 Å². The highest BCUT2D eigenvalue weighted by Gasteiger charge is 2.54. The number of thioether (sulfide) groups is 1. The van der Waals surface area contributed by atoms with Crippen molar-refractivity contribution in [1.29, 1.82) is 0 Å². The highest BCUT2D eigenvalue weighted by Crippen LogP contribution is 2.48. The number of methoxy groups -OCH3 is 1. The second-order valence-electron chi connectivity index (χ2n) is 11.3. The van der Waals surface area contributed by atoms with Crippen LogP contribution in [0.15, 0.2) is 43.0 Å². The van der Waals surface area contributed by atoms with Gasteiger partial charge in [0.15, 0.2) is 22.8 Å². The molecular formula is C28H39ClN7O8PS. The van der Waals surface area contributed by atoms with E-state index < -0.39 is 42.6 Å². The molecule has 1 unspecified atom stereocenters. The summed E-state index contributed by atoms with van der Waals surface area (Å²) >= 11 is 7.82. The van der Waals surface area contributed by atoms with E-state index in [1.54, 1.807) is 25.3 Å². The standard InChI is InChI=1S/C28H39ClN7O8PS/c1-27(2,10-11-31-26(39)41-4)25(38)46-13-12-42-45(40,35-14-18-8-6-5-7-9-18)43-15-19-21(37)28(3,29)24(44-19)36-17-34-20-22(30)32-16-33-23(20)36/h5-9,16-17,19,21,24,37H,10-15H2,1-4H3,(H,31,39)(H,35,40)(H2,30,32,33)/t19-,21-,24-,28-,45?/m1/s1. The molecule has 1 aliphatic rings. The Morgan fingerprint density at radius 3 is 2.70 bits per heavy atom. The van der Waals surface area contributed by atoms with E-state index in [-0.39, 0.29) is 43.0 Å². The molecule has 0 saturated carbocycles. The summed E-state index contributed by atoms with van der Waals surface area (Å²) in [5, 5.41) is 16.4. The number of amides is 1. The molecule has 0 spiro atoms. The van der Waals surface area contributed by atoms with Crippen LogP contribution in [0, 0.1) is 5.41 Å². The van der Waals surface area contributed by atoms with Crippen LogP contribution < -0.4 is 16.1 Å². The van der Waals surface area contributed by atoms with Gasteiger partial charge >= 0.3 is 13.8 Å². The summed E-state index contributed by atoms with van der Waals surface area (Å²) in [7, 11) is -2.72. The van der Waals surface area contributed by atoms with Crippen molar-refractivity contribution < 1.29 is 37.8 Å². The molecule has 1 aliphatic heterocycles. The number of nitrogens with two attached hydrogens (primary N) is 1. The molecule has 3 aromatic rings. The number of nitrogens with one attached hydrogen (secondary N) is 2. The van der Waals surface area contributed by atoms with E-state index in [0.29, 0.717) is 17.6 Å². The molecule has 46 heavy (non-hydrogen) atoms. The number of fused-ring (bicyclic) bond motifs is 1. The van der Waals surface area contributed by atoms with Gasteiger partial charge in [-0.15, -0.1) is 11.6 Å². The van der Waals surface area contributed by atoms with Gasteiger partial charge in [0.1, 0.15) is 28.9 Å². The highest BCUT2D eigenvalue weighted by molar-refractivity contribution is 8.13. The number of ether oxygens (including phenoxy) is 2. The van der Waals surface area contributed by atoms with Crippen LogP contribution in [-0.2, 0) is 34.4 Å². The summed E-state index contributed by atoms with van der Waals surface area (Å²) in [5.41, 5.74) is 6.73. The molecule has 1 amide bonds. The Kier molecular flexibility index (Phi) is 12.1. The normalized spacial score (nSPS) is 22.9. The Hall–Kier alpha value is -2.82. The molecule has 1 saturated heterocycles. The number of aliphatic hydroxyl groups is 1. The lowest BCUT2D eigenvalue weighted by Crippen LogP contribution is -2.40. The first kappa shape index (κ1) is 36.0. The third-order valence-corrected chi connectivity index (χ3v) is 10.6. The van der Waals surface area contributed by atoms with Crippen LogP contribution >= 0.6 is 31.1 Å². The molecule has 1 fully saturated rings. The number of aromatic nitrogens is 4.